The third-order valence-corrected chi connectivity index (χ3v) is 3.20. The molecule has 3 nitrogen and oxygen atoms in total. The van der Waals surface area contributed by atoms with Crippen LogP contribution in [-0.4, -0.2) is 49.3 Å². The van der Waals surface area contributed by atoms with E-state index in [1.165, 1.54) is 0 Å². The molecule has 0 aromatic heterocycles. The molecule has 4 unspecified atom stereocenters. The molecule has 1 heterocycles. The lowest BCUT2D eigenvalue weighted by Crippen LogP contribution is -2.54. The highest BCUT2D eigenvalue weighted by molar-refractivity contribution is 4.82. The maximum atomic E-state index is 5.72. The van der Waals surface area contributed by atoms with E-state index in [0.29, 0.717) is 24.3 Å². The van der Waals surface area contributed by atoms with Crippen LogP contribution in [0.3, 0.4) is 0 Å². The van der Waals surface area contributed by atoms with E-state index in [-0.39, 0.29) is 0 Å². The Morgan fingerprint density at radius 1 is 1.21 bits per heavy atom. The number of hydrogen-bond donors (Lipinski definition) is 1. The molecule has 4 atom stereocenters. The number of ether oxygens (including phenoxy) is 1. The van der Waals surface area contributed by atoms with E-state index in [2.05, 4.69) is 37.9 Å². The van der Waals surface area contributed by atoms with Crippen molar-refractivity contribution in [1.82, 2.24) is 10.2 Å². The smallest absolute Gasteiger partial charge is 0.0678 e. The highest BCUT2D eigenvalue weighted by Crippen LogP contribution is 2.15. The van der Waals surface area contributed by atoms with Crippen molar-refractivity contribution < 1.29 is 4.74 Å². The summed E-state index contributed by atoms with van der Waals surface area (Å²) in [6, 6.07) is 1.11. The zero-order valence-electron chi connectivity index (χ0n) is 10.1. The van der Waals surface area contributed by atoms with Gasteiger partial charge in [-0.2, -0.15) is 0 Å². The quantitative estimate of drug-likeness (QED) is 0.738. The van der Waals surface area contributed by atoms with Crippen LogP contribution in [0.1, 0.15) is 27.7 Å². The summed E-state index contributed by atoms with van der Waals surface area (Å²) < 4.78 is 5.72. The number of morpholine rings is 1. The first-order valence-corrected chi connectivity index (χ1v) is 5.61. The topological polar surface area (TPSA) is 24.5 Å². The van der Waals surface area contributed by atoms with Gasteiger partial charge in [-0.05, 0) is 34.7 Å². The average molecular weight is 200 g/mol. The molecule has 0 aromatic carbocycles. The fourth-order valence-corrected chi connectivity index (χ4v) is 2.11. The van der Waals surface area contributed by atoms with Gasteiger partial charge in [-0.25, -0.2) is 0 Å². The van der Waals surface area contributed by atoms with Crippen molar-refractivity contribution in [3.8, 4) is 0 Å². The van der Waals surface area contributed by atoms with E-state index >= 15 is 0 Å². The van der Waals surface area contributed by atoms with Gasteiger partial charge in [0.25, 0.3) is 0 Å². The molecule has 84 valence electrons. The van der Waals surface area contributed by atoms with Gasteiger partial charge in [0, 0.05) is 25.2 Å². The van der Waals surface area contributed by atoms with E-state index < -0.39 is 0 Å². The van der Waals surface area contributed by atoms with E-state index in [4.69, 9.17) is 4.74 Å². The standard InChI is InChI=1S/C11H24N2O/c1-8-6-13(7-9(2)14-8)11(4)10(3)12-5/h8-12H,6-7H2,1-5H3. The Morgan fingerprint density at radius 2 is 1.71 bits per heavy atom. The Morgan fingerprint density at radius 3 is 2.14 bits per heavy atom. The second-order valence-electron chi connectivity index (χ2n) is 4.53. The highest BCUT2D eigenvalue weighted by atomic mass is 16.5. The molecule has 1 aliphatic rings. The fourth-order valence-electron chi connectivity index (χ4n) is 2.11. The summed E-state index contributed by atoms with van der Waals surface area (Å²) in [5.41, 5.74) is 0. The maximum Gasteiger partial charge on any atom is 0.0678 e. The van der Waals surface area contributed by atoms with Gasteiger partial charge in [-0.15, -0.1) is 0 Å². The second-order valence-corrected chi connectivity index (χ2v) is 4.53. The molecular formula is C11H24N2O. The lowest BCUT2D eigenvalue weighted by Gasteiger charge is -2.40. The SMILES string of the molecule is CNC(C)C(C)N1CC(C)OC(C)C1. The molecule has 1 rings (SSSR count). The summed E-state index contributed by atoms with van der Waals surface area (Å²) in [6.07, 6.45) is 0.732. The van der Waals surface area contributed by atoms with Crippen LogP contribution < -0.4 is 5.32 Å². The van der Waals surface area contributed by atoms with Crippen molar-refractivity contribution in [2.24, 2.45) is 0 Å². The number of likely N-dealkylation sites (N-methyl/N-ethyl adjacent to an activating group) is 1. The number of nitrogens with one attached hydrogen (secondary N) is 1. The van der Waals surface area contributed by atoms with Crippen LogP contribution in [0.5, 0.6) is 0 Å². The molecule has 14 heavy (non-hydrogen) atoms. The molecular weight excluding hydrogens is 176 g/mol. The van der Waals surface area contributed by atoms with E-state index in [0.717, 1.165) is 13.1 Å². The van der Waals surface area contributed by atoms with Gasteiger partial charge in [-0.3, -0.25) is 4.90 Å². The minimum absolute atomic E-state index is 0.366. The lowest BCUT2D eigenvalue weighted by atomic mass is 10.1. The second kappa shape index (κ2) is 5.10. The Bertz CT molecular complexity index is 165. The van der Waals surface area contributed by atoms with Gasteiger partial charge in [0.15, 0.2) is 0 Å². The molecule has 0 spiro atoms. The minimum atomic E-state index is 0.366. The van der Waals surface area contributed by atoms with Crippen LogP contribution in [0, 0.1) is 0 Å². The van der Waals surface area contributed by atoms with Crippen molar-refractivity contribution >= 4 is 0 Å². The third-order valence-electron chi connectivity index (χ3n) is 3.20. The maximum absolute atomic E-state index is 5.72. The number of rotatable bonds is 3. The van der Waals surface area contributed by atoms with Crippen LogP contribution in [-0.2, 0) is 4.74 Å². The van der Waals surface area contributed by atoms with E-state index in [9.17, 15) is 0 Å². The molecule has 1 aliphatic heterocycles. The normalized spacial score (nSPS) is 34.1. The molecule has 3 heteroatoms. The Labute approximate surface area is 87.8 Å². The van der Waals surface area contributed by atoms with Crippen molar-refractivity contribution in [2.75, 3.05) is 20.1 Å². The van der Waals surface area contributed by atoms with Crippen LogP contribution >= 0.6 is 0 Å². The molecule has 1 fully saturated rings. The molecule has 0 amide bonds. The predicted molar refractivity (Wildman–Crippen MR) is 59.6 cm³/mol. The Kier molecular flexibility index (Phi) is 4.35. The average Bonchev–Trinajstić information content (AvgIpc) is 2.14. The Balaban J connectivity index is 2.50. The summed E-state index contributed by atoms with van der Waals surface area (Å²) in [6.45, 7) is 10.9. The highest BCUT2D eigenvalue weighted by Gasteiger charge is 2.27. The van der Waals surface area contributed by atoms with Crippen molar-refractivity contribution in [3.63, 3.8) is 0 Å². The first-order valence-electron chi connectivity index (χ1n) is 5.61. The van der Waals surface area contributed by atoms with Crippen LogP contribution in [0.15, 0.2) is 0 Å². The number of nitrogens with zero attached hydrogens (tertiary/aromatic N) is 1. The van der Waals surface area contributed by atoms with Gasteiger partial charge in [0.05, 0.1) is 12.2 Å². The Hall–Kier alpha value is -0.120. The lowest BCUT2D eigenvalue weighted by molar-refractivity contribution is -0.0811. The van der Waals surface area contributed by atoms with Crippen LogP contribution in [0.4, 0.5) is 0 Å². The molecule has 0 radical (unpaired) electrons. The van der Waals surface area contributed by atoms with Crippen LogP contribution in [0.25, 0.3) is 0 Å². The molecule has 1 saturated heterocycles. The third kappa shape index (κ3) is 2.94. The zero-order valence-corrected chi connectivity index (χ0v) is 10.1. The van der Waals surface area contributed by atoms with Gasteiger partial charge >= 0.3 is 0 Å². The predicted octanol–water partition coefficient (Wildman–Crippen LogP) is 1.09. The van der Waals surface area contributed by atoms with E-state index in [1.54, 1.807) is 0 Å². The summed E-state index contributed by atoms with van der Waals surface area (Å²) >= 11 is 0. The van der Waals surface area contributed by atoms with Crippen molar-refractivity contribution in [1.29, 1.82) is 0 Å². The summed E-state index contributed by atoms with van der Waals surface area (Å²) in [7, 11) is 2.02. The van der Waals surface area contributed by atoms with Gasteiger partial charge in [0.1, 0.15) is 0 Å². The summed E-state index contributed by atoms with van der Waals surface area (Å²) in [5, 5.41) is 3.31. The van der Waals surface area contributed by atoms with E-state index in [1.807, 2.05) is 7.05 Å². The first-order chi connectivity index (χ1) is 6.54. The molecule has 0 bridgehead atoms. The monoisotopic (exact) mass is 200 g/mol. The fraction of sp³-hybridized carbons (Fsp3) is 1.00. The van der Waals surface area contributed by atoms with Gasteiger partial charge in [0.2, 0.25) is 0 Å². The molecule has 1 N–H and O–H groups in total. The number of hydrogen-bond acceptors (Lipinski definition) is 3. The largest absolute Gasteiger partial charge is 0.373 e. The van der Waals surface area contributed by atoms with Crippen molar-refractivity contribution in [2.45, 2.75) is 52.0 Å². The molecule has 0 saturated carbocycles. The van der Waals surface area contributed by atoms with Gasteiger partial charge in [-0.1, -0.05) is 0 Å². The van der Waals surface area contributed by atoms with Crippen molar-refractivity contribution in [3.05, 3.63) is 0 Å². The summed E-state index contributed by atoms with van der Waals surface area (Å²) in [4.78, 5) is 2.51. The summed E-state index contributed by atoms with van der Waals surface area (Å²) in [5.74, 6) is 0. The van der Waals surface area contributed by atoms with Crippen LogP contribution in [0.2, 0.25) is 0 Å². The zero-order chi connectivity index (χ0) is 10.7. The molecule has 0 aromatic rings. The molecule has 0 aliphatic carbocycles. The minimum Gasteiger partial charge on any atom is -0.373 e. The van der Waals surface area contributed by atoms with Gasteiger partial charge < -0.3 is 10.1 Å². The first kappa shape index (κ1) is 12.0.